The Balaban J connectivity index is 2.39. The molecule has 1 N–H and O–H groups in total. The number of rotatable bonds is 3. The predicted octanol–water partition coefficient (Wildman–Crippen LogP) is 3.83. The molecule has 1 aromatic carbocycles. The summed E-state index contributed by atoms with van der Waals surface area (Å²) < 4.78 is 6.14. The Kier molecular flexibility index (Phi) is 4.32. The molecule has 0 aliphatic carbocycles. The van der Waals surface area contributed by atoms with E-state index in [0.717, 1.165) is 13.0 Å². The quantitative estimate of drug-likeness (QED) is 0.893. The van der Waals surface area contributed by atoms with E-state index in [-0.39, 0.29) is 11.6 Å². The van der Waals surface area contributed by atoms with Crippen LogP contribution in [-0.4, -0.2) is 19.3 Å². The van der Waals surface area contributed by atoms with Crippen molar-refractivity contribution in [1.82, 2.24) is 5.32 Å². The Hall–Kier alpha value is -0.860. The lowest BCUT2D eigenvalue weighted by Crippen LogP contribution is -2.45. The van der Waals surface area contributed by atoms with Crippen molar-refractivity contribution in [2.24, 2.45) is 0 Å². The van der Waals surface area contributed by atoms with Crippen molar-refractivity contribution in [1.29, 1.82) is 0 Å². The summed E-state index contributed by atoms with van der Waals surface area (Å²) in [5.41, 5.74) is 5.39. The molecule has 0 spiro atoms. The van der Waals surface area contributed by atoms with Crippen LogP contribution in [0.15, 0.2) is 12.1 Å². The van der Waals surface area contributed by atoms with Crippen LogP contribution in [0.4, 0.5) is 0 Å². The van der Waals surface area contributed by atoms with E-state index in [1.807, 2.05) is 7.05 Å². The van der Waals surface area contributed by atoms with Gasteiger partial charge in [0.15, 0.2) is 0 Å². The largest absolute Gasteiger partial charge is 0.373 e. The Morgan fingerprint density at radius 1 is 1.11 bits per heavy atom. The van der Waals surface area contributed by atoms with Crippen LogP contribution in [0.2, 0.25) is 0 Å². The molecular weight excluding hydrogens is 234 g/mol. The molecule has 19 heavy (non-hydrogen) atoms. The van der Waals surface area contributed by atoms with E-state index in [9.17, 15) is 0 Å². The van der Waals surface area contributed by atoms with Crippen molar-refractivity contribution in [3.05, 3.63) is 34.4 Å². The highest BCUT2D eigenvalue weighted by Gasteiger charge is 2.37. The van der Waals surface area contributed by atoms with Crippen LogP contribution in [0.25, 0.3) is 0 Å². The van der Waals surface area contributed by atoms with Gasteiger partial charge in [0.2, 0.25) is 0 Å². The third-order valence-corrected chi connectivity index (χ3v) is 4.59. The molecule has 1 heterocycles. The number of hydrogen-bond acceptors (Lipinski definition) is 2. The summed E-state index contributed by atoms with van der Waals surface area (Å²) >= 11 is 0. The maximum absolute atomic E-state index is 6.14. The van der Waals surface area contributed by atoms with Gasteiger partial charge in [-0.25, -0.2) is 0 Å². The zero-order valence-electron chi connectivity index (χ0n) is 13.0. The summed E-state index contributed by atoms with van der Waals surface area (Å²) in [4.78, 5) is 0. The zero-order chi connectivity index (χ0) is 14.0. The first-order chi connectivity index (χ1) is 8.98. The summed E-state index contributed by atoms with van der Waals surface area (Å²) in [6.45, 7) is 9.72. The summed E-state index contributed by atoms with van der Waals surface area (Å²) in [5.74, 6) is 0. The second kappa shape index (κ2) is 5.64. The number of aryl methyl sites for hydroxylation is 3. The molecule has 0 amide bonds. The number of ether oxygens (including phenoxy) is 1. The third-order valence-electron chi connectivity index (χ3n) is 4.59. The van der Waals surface area contributed by atoms with Crippen molar-refractivity contribution in [2.75, 3.05) is 13.7 Å². The molecule has 2 rings (SSSR count). The first-order valence-corrected chi connectivity index (χ1v) is 7.37. The highest BCUT2D eigenvalue weighted by molar-refractivity contribution is 5.39. The molecule has 1 saturated heterocycles. The Bertz CT molecular complexity index is 447. The SMILES string of the molecule is CNC(c1cc(C)c(C)cc1C)C1(C)CCCCO1. The van der Waals surface area contributed by atoms with E-state index < -0.39 is 0 Å². The van der Waals surface area contributed by atoms with E-state index in [2.05, 4.69) is 45.1 Å². The first kappa shape index (κ1) is 14.5. The summed E-state index contributed by atoms with van der Waals surface area (Å²) in [7, 11) is 2.04. The van der Waals surface area contributed by atoms with E-state index in [1.54, 1.807) is 0 Å². The number of likely N-dealkylation sites (N-methyl/N-ethyl adjacent to an activating group) is 1. The van der Waals surface area contributed by atoms with Crippen molar-refractivity contribution in [2.45, 2.75) is 58.6 Å². The fourth-order valence-electron chi connectivity index (χ4n) is 3.27. The summed E-state index contributed by atoms with van der Waals surface area (Å²) in [6.07, 6.45) is 3.58. The molecule has 1 fully saturated rings. The van der Waals surface area contributed by atoms with Crippen molar-refractivity contribution in [3.63, 3.8) is 0 Å². The van der Waals surface area contributed by atoms with Gasteiger partial charge in [0.25, 0.3) is 0 Å². The van der Waals surface area contributed by atoms with Gasteiger partial charge < -0.3 is 10.1 Å². The fraction of sp³-hybridized carbons (Fsp3) is 0.647. The molecule has 0 saturated carbocycles. The minimum absolute atomic E-state index is 0.0839. The standard InChI is InChI=1S/C17H27NO/c1-12-10-14(3)15(11-13(12)2)16(18-5)17(4)8-6-7-9-19-17/h10-11,16,18H,6-9H2,1-5H3. The Morgan fingerprint density at radius 2 is 1.79 bits per heavy atom. The normalized spacial score (nSPS) is 25.3. The molecule has 1 aliphatic rings. The van der Waals surface area contributed by atoms with Gasteiger partial charge in [0, 0.05) is 6.61 Å². The second-order valence-electron chi connectivity index (χ2n) is 6.13. The minimum atomic E-state index is -0.0839. The van der Waals surface area contributed by atoms with E-state index in [0.29, 0.717) is 0 Å². The van der Waals surface area contributed by atoms with Crippen LogP contribution in [0, 0.1) is 20.8 Å². The Labute approximate surface area is 117 Å². The predicted molar refractivity (Wildman–Crippen MR) is 80.7 cm³/mol. The maximum atomic E-state index is 6.14. The average molecular weight is 261 g/mol. The maximum Gasteiger partial charge on any atom is 0.0848 e. The van der Waals surface area contributed by atoms with Gasteiger partial charge in [0.05, 0.1) is 11.6 Å². The van der Waals surface area contributed by atoms with Crippen LogP contribution in [0.5, 0.6) is 0 Å². The summed E-state index contributed by atoms with van der Waals surface area (Å²) in [6, 6.07) is 4.89. The van der Waals surface area contributed by atoms with E-state index in [1.165, 1.54) is 35.1 Å². The zero-order valence-corrected chi connectivity index (χ0v) is 13.0. The fourth-order valence-corrected chi connectivity index (χ4v) is 3.27. The molecule has 2 nitrogen and oxygen atoms in total. The number of hydrogen-bond donors (Lipinski definition) is 1. The van der Waals surface area contributed by atoms with Crippen LogP contribution < -0.4 is 5.32 Å². The lowest BCUT2D eigenvalue weighted by atomic mass is 9.81. The van der Waals surface area contributed by atoms with Gasteiger partial charge in [-0.15, -0.1) is 0 Å². The molecule has 2 atom stereocenters. The Morgan fingerprint density at radius 3 is 2.37 bits per heavy atom. The third kappa shape index (κ3) is 2.85. The lowest BCUT2D eigenvalue weighted by Gasteiger charge is -2.41. The molecule has 2 unspecified atom stereocenters. The highest BCUT2D eigenvalue weighted by atomic mass is 16.5. The van der Waals surface area contributed by atoms with Gasteiger partial charge in [-0.1, -0.05) is 12.1 Å². The molecular formula is C17H27NO. The van der Waals surface area contributed by atoms with Gasteiger partial charge in [0.1, 0.15) is 0 Å². The topological polar surface area (TPSA) is 21.3 Å². The molecule has 0 radical (unpaired) electrons. The second-order valence-corrected chi connectivity index (χ2v) is 6.13. The smallest absolute Gasteiger partial charge is 0.0848 e. The average Bonchev–Trinajstić information content (AvgIpc) is 2.37. The molecule has 106 valence electrons. The van der Waals surface area contributed by atoms with E-state index in [4.69, 9.17) is 4.74 Å². The van der Waals surface area contributed by atoms with Gasteiger partial charge in [-0.3, -0.25) is 0 Å². The van der Waals surface area contributed by atoms with Gasteiger partial charge in [-0.05, 0) is 76.3 Å². The monoisotopic (exact) mass is 261 g/mol. The molecule has 0 bridgehead atoms. The molecule has 0 aromatic heterocycles. The lowest BCUT2D eigenvalue weighted by molar-refractivity contribution is -0.0885. The molecule has 1 aromatic rings. The van der Waals surface area contributed by atoms with E-state index >= 15 is 0 Å². The molecule has 1 aliphatic heterocycles. The van der Waals surface area contributed by atoms with Crippen LogP contribution >= 0.6 is 0 Å². The van der Waals surface area contributed by atoms with Crippen molar-refractivity contribution < 1.29 is 4.74 Å². The van der Waals surface area contributed by atoms with Crippen LogP contribution in [-0.2, 0) is 4.74 Å². The van der Waals surface area contributed by atoms with Crippen molar-refractivity contribution >= 4 is 0 Å². The van der Waals surface area contributed by atoms with Crippen LogP contribution in [0.1, 0.15) is 54.5 Å². The van der Waals surface area contributed by atoms with Gasteiger partial charge >= 0.3 is 0 Å². The van der Waals surface area contributed by atoms with Gasteiger partial charge in [-0.2, -0.15) is 0 Å². The number of benzene rings is 1. The highest BCUT2D eigenvalue weighted by Crippen LogP contribution is 2.38. The van der Waals surface area contributed by atoms with Crippen molar-refractivity contribution in [3.8, 4) is 0 Å². The minimum Gasteiger partial charge on any atom is -0.373 e. The van der Waals surface area contributed by atoms with Crippen LogP contribution in [0.3, 0.4) is 0 Å². The first-order valence-electron chi connectivity index (χ1n) is 7.37. The molecule has 2 heteroatoms. The number of nitrogens with one attached hydrogen (secondary N) is 1. The summed E-state index contributed by atoms with van der Waals surface area (Å²) in [5, 5.41) is 3.49.